The number of aromatic nitrogens is 1. The van der Waals surface area contributed by atoms with Crippen molar-refractivity contribution in [2.75, 3.05) is 5.75 Å². The highest BCUT2D eigenvalue weighted by atomic mass is 79.9. The third-order valence-electron chi connectivity index (χ3n) is 3.31. The largest absolute Gasteiger partial charge is 0.388 e. The number of aliphatic hydroxyl groups excluding tert-OH is 1. The molecule has 3 aromatic rings. The van der Waals surface area contributed by atoms with E-state index in [0.717, 1.165) is 25.7 Å². The molecule has 1 unspecified atom stereocenters. The molecule has 1 heterocycles. The minimum atomic E-state index is -0.506. The van der Waals surface area contributed by atoms with Crippen LogP contribution in [0.4, 0.5) is 0 Å². The maximum atomic E-state index is 10.5. The minimum Gasteiger partial charge on any atom is -0.388 e. The van der Waals surface area contributed by atoms with Gasteiger partial charge in [-0.15, -0.1) is 11.8 Å². The first-order valence-corrected chi connectivity index (χ1v) is 8.41. The van der Waals surface area contributed by atoms with Crippen molar-refractivity contribution in [2.24, 2.45) is 0 Å². The van der Waals surface area contributed by atoms with Gasteiger partial charge in [0.1, 0.15) is 0 Å². The second kappa shape index (κ2) is 6.60. The number of nitrogens with zero attached hydrogens (tertiary/aromatic N) is 1. The average molecular weight is 360 g/mol. The number of hydrogen-bond acceptors (Lipinski definition) is 3. The first-order chi connectivity index (χ1) is 10.3. The highest BCUT2D eigenvalue weighted by Gasteiger charge is 2.12. The van der Waals surface area contributed by atoms with Crippen molar-refractivity contribution in [3.05, 3.63) is 71.0 Å². The summed E-state index contributed by atoms with van der Waals surface area (Å²) in [5.41, 5.74) is 0.953. The Kier molecular flexibility index (Phi) is 4.58. The van der Waals surface area contributed by atoms with E-state index >= 15 is 0 Å². The van der Waals surface area contributed by atoms with E-state index in [2.05, 4.69) is 27.0 Å². The molecular weight excluding hydrogens is 346 g/mol. The van der Waals surface area contributed by atoms with Crippen molar-refractivity contribution in [3.8, 4) is 0 Å². The molecule has 0 bridgehead atoms. The van der Waals surface area contributed by atoms with Gasteiger partial charge in [0.15, 0.2) is 0 Å². The van der Waals surface area contributed by atoms with Crippen LogP contribution < -0.4 is 0 Å². The second-order valence-corrected chi connectivity index (χ2v) is 6.62. The molecular formula is C17H14BrNOS. The number of pyridine rings is 1. The van der Waals surface area contributed by atoms with E-state index in [4.69, 9.17) is 0 Å². The van der Waals surface area contributed by atoms with Gasteiger partial charge in [0.2, 0.25) is 0 Å². The highest BCUT2D eigenvalue weighted by Crippen LogP contribution is 2.32. The quantitative estimate of drug-likeness (QED) is 0.677. The zero-order valence-electron chi connectivity index (χ0n) is 11.2. The van der Waals surface area contributed by atoms with Crippen LogP contribution in [0.2, 0.25) is 0 Å². The SMILES string of the molecule is OC(CSc1ccccc1Br)c1cccc2cnccc12. The third-order valence-corrected chi connectivity index (χ3v) is 5.41. The van der Waals surface area contributed by atoms with Gasteiger partial charge in [-0.1, -0.05) is 30.3 Å². The number of fused-ring (bicyclic) bond motifs is 1. The fourth-order valence-electron chi connectivity index (χ4n) is 2.26. The van der Waals surface area contributed by atoms with E-state index in [1.54, 1.807) is 18.0 Å². The Bertz CT molecular complexity index is 757. The topological polar surface area (TPSA) is 33.1 Å². The number of rotatable bonds is 4. The maximum Gasteiger partial charge on any atom is 0.0889 e. The summed E-state index contributed by atoms with van der Waals surface area (Å²) >= 11 is 5.18. The Balaban J connectivity index is 1.81. The molecule has 2 aromatic carbocycles. The third kappa shape index (κ3) is 3.28. The van der Waals surface area contributed by atoms with Gasteiger partial charge in [0, 0.05) is 32.9 Å². The molecule has 0 saturated carbocycles. The smallest absolute Gasteiger partial charge is 0.0889 e. The summed E-state index contributed by atoms with van der Waals surface area (Å²) in [4.78, 5) is 5.26. The van der Waals surface area contributed by atoms with Gasteiger partial charge in [-0.3, -0.25) is 4.98 Å². The number of hydrogen-bond donors (Lipinski definition) is 1. The molecule has 0 aliphatic rings. The van der Waals surface area contributed by atoms with Gasteiger partial charge < -0.3 is 5.11 Å². The highest BCUT2D eigenvalue weighted by molar-refractivity contribution is 9.10. The molecule has 1 aromatic heterocycles. The molecule has 0 aliphatic carbocycles. The van der Waals surface area contributed by atoms with E-state index in [1.807, 2.05) is 48.7 Å². The number of benzene rings is 2. The summed E-state index contributed by atoms with van der Waals surface area (Å²) < 4.78 is 1.06. The summed E-state index contributed by atoms with van der Waals surface area (Å²) in [5, 5.41) is 12.6. The van der Waals surface area contributed by atoms with Crippen LogP contribution in [0.5, 0.6) is 0 Å². The molecule has 3 rings (SSSR count). The van der Waals surface area contributed by atoms with E-state index in [1.165, 1.54) is 0 Å². The maximum absolute atomic E-state index is 10.5. The normalized spacial score (nSPS) is 12.5. The van der Waals surface area contributed by atoms with Gasteiger partial charge in [0.05, 0.1) is 6.10 Å². The molecule has 0 fully saturated rings. The van der Waals surface area contributed by atoms with Crippen LogP contribution in [0, 0.1) is 0 Å². The van der Waals surface area contributed by atoms with E-state index < -0.39 is 6.10 Å². The van der Waals surface area contributed by atoms with Gasteiger partial charge >= 0.3 is 0 Å². The molecule has 4 heteroatoms. The Morgan fingerprint density at radius 1 is 1.10 bits per heavy atom. The van der Waals surface area contributed by atoms with Crippen molar-refractivity contribution in [1.29, 1.82) is 0 Å². The minimum absolute atomic E-state index is 0.506. The molecule has 0 saturated heterocycles. The lowest BCUT2D eigenvalue weighted by Crippen LogP contribution is -2.01. The van der Waals surface area contributed by atoms with Crippen molar-refractivity contribution in [3.63, 3.8) is 0 Å². The van der Waals surface area contributed by atoms with Crippen LogP contribution in [-0.4, -0.2) is 15.8 Å². The van der Waals surface area contributed by atoms with Crippen LogP contribution in [0.1, 0.15) is 11.7 Å². The van der Waals surface area contributed by atoms with Crippen molar-refractivity contribution >= 4 is 38.5 Å². The summed E-state index contributed by atoms with van der Waals surface area (Å²) in [7, 11) is 0. The summed E-state index contributed by atoms with van der Waals surface area (Å²) in [6, 6.07) is 16.0. The monoisotopic (exact) mass is 359 g/mol. The fraction of sp³-hybridized carbons (Fsp3) is 0.118. The number of halogens is 1. The Labute approximate surface area is 136 Å². The summed E-state index contributed by atoms with van der Waals surface area (Å²) in [6.45, 7) is 0. The average Bonchev–Trinajstić information content (AvgIpc) is 2.53. The van der Waals surface area contributed by atoms with Crippen molar-refractivity contribution in [1.82, 2.24) is 4.98 Å². The summed E-state index contributed by atoms with van der Waals surface area (Å²) in [6.07, 6.45) is 3.08. The standard InChI is InChI=1S/C17H14BrNOS/c18-15-6-1-2-7-17(15)21-11-16(20)14-5-3-4-12-10-19-9-8-13(12)14/h1-10,16,20H,11H2. The predicted octanol–water partition coefficient (Wildman–Crippen LogP) is 4.82. The molecule has 1 atom stereocenters. The fourth-order valence-corrected chi connectivity index (χ4v) is 3.78. The lowest BCUT2D eigenvalue weighted by atomic mass is 10.0. The Morgan fingerprint density at radius 2 is 1.95 bits per heavy atom. The van der Waals surface area contributed by atoms with E-state index in [9.17, 15) is 5.11 Å². The van der Waals surface area contributed by atoms with E-state index in [-0.39, 0.29) is 0 Å². The molecule has 2 nitrogen and oxygen atoms in total. The Hall–Kier alpha value is -1.36. The molecule has 1 N–H and O–H groups in total. The van der Waals surface area contributed by atoms with E-state index in [0.29, 0.717) is 5.75 Å². The van der Waals surface area contributed by atoms with Crippen LogP contribution in [0.15, 0.2) is 70.3 Å². The lowest BCUT2D eigenvalue weighted by molar-refractivity contribution is 0.205. The molecule has 21 heavy (non-hydrogen) atoms. The zero-order valence-corrected chi connectivity index (χ0v) is 13.6. The molecule has 0 aliphatic heterocycles. The van der Waals surface area contributed by atoms with Crippen LogP contribution in [0.25, 0.3) is 10.8 Å². The van der Waals surface area contributed by atoms with Gasteiger partial charge in [-0.2, -0.15) is 0 Å². The zero-order chi connectivity index (χ0) is 14.7. The predicted molar refractivity (Wildman–Crippen MR) is 91.6 cm³/mol. The second-order valence-electron chi connectivity index (χ2n) is 4.70. The number of aliphatic hydroxyl groups is 1. The molecule has 106 valence electrons. The van der Waals surface area contributed by atoms with Gasteiger partial charge in [0.25, 0.3) is 0 Å². The first-order valence-electron chi connectivity index (χ1n) is 6.64. The Morgan fingerprint density at radius 3 is 2.81 bits per heavy atom. The summed E-state index contributed by atoms with van der Waals surface area (Å²) in [5.74, 6) is 0.615. The van der Waals surface area contributed by atoms with Crippen LogP contribution in [-0.2, 0) is 0 Å². The van der Waals surface area contributed by atoms with Crippen LogP contribution in [0.3, 0.4) is 0 Å². The molecule has 0 spiro atoms. The first kappa shape index (κ1) is 14.6. The van der Waals surface area contributed by atoms with Gasteiger partial charge in [-0.05, 0) is 45.1 Å². The van der Waals surface area contributed by atoms with Crippen LogP contribution >= 0.6 is 27.7 Å². The van der Waals surface area contributed by atoms with Crippen molar-refractivity contribution in [2.45, 2.75) is 11.0 Å². The number of thioether (sulfide) groups is 1. The lowest BCUT2D eigenvalue weighted by Gasteiger charge is -2.14. The van der Waals surface area contributed by atoms with Gasteiger partial charge in [-0.25, -0.2) is 0 Å². The molecule has 0 radical (unpaired) electrons. The van der Waals surface area contributed by atoms with Crippen molar-refractivity contribution < 1.29 is 5.11 Å². The molecule has 0 amide bonds.